The molecule has 34 heavy (non-hydrogen) atoms. The van der Waals surface area contributed by atoms with Crippen LogP contribution in [0.1, 0.15) is 54.2 Å². The van der Waals surface area contributed by atoms with Crippen molar-refractivity contribution in [2.75, 3.05) is 0 Å². The molecule has 0 aliphatic carbocycles. The Kier molecular flexibility index (Phi) is 7.19. The van der Waals surface area contributed by atoms with Crippen molar-refractivity contribution in [2.24, 2.45) is 5.41 Å². The Bertz CT molecular complexity index is 1220. The number of carbonyl (C=O) groups is 2. The summed E-state index contributed by atoms with van der Waals surface area (Å²) in [5, 5.41) is 13.1. The third-order valence-electron chi connectivity index (χ3n) is 5.50. The summed E-state index contributed by atoms with van der Waals surface area (Å²) in [5.74, 6) is -2.11. The molecule has 2 N–H and O–H groups in total. The van der Waals surface area contributed by atoms with Crippen molar-refractivity contribution in [3.05, 3.63) is 76.6 Å². The van der Waals surface area contributed by atoms with Gasteiger partial charge in [-0.05, 0) is 47.1 Å². The molecule has 1 atom stereocenters. The van der Waals surface area contributed by atoms with E-state index >= 15 is 0 Å². The van der Waals surface area contributed by atoms with Gasteiger partial charge in [0.05, 0.1) is 5.56 Å². The van der Waals surface area contributed by atoms with E-state index in [2.05, 4.69) is 5.32 Å². The molecule has 0 saturated heterocycles. The first kappa shape index (κ1) is 25.1. The number of ether oxygens (including phenoxy) is 1. The number of hydrogen-bond donors (Lipinski definition) is 2. The summed E-state index contributed by atoms with van der Waals surface area (Å²) in [4.78, 5) is 24.9. The van der Waals surface area contributed by atoms with Gasteiger partial charge >= 0.3 is 5.97 Å². The number of aryl methyl sites for hydroxylation is 1. The van der Waals surface area contributed by atoms with Gasteiger partial charge in [-0.1, -0.05) is 51.1 Å². The first-order chi connectivity index (χ1) is 15.9. The summed E-state index contributed by atoms with van der Waals surface area (Å²) < 4.78 is 45.8. The summed E-state index contributed by atoms with van der Waals surface area (Å²) in [6.07, 6.45) is -2.59. The smallest absolute Gasteiger partial charge is 0.326 e. The zero-order valence-electron chi connectivity index (χ0n) is 19.3. The molecule has 5 nitrogen and oxygen atoms in total. The minimum atomic E-state index is -2.59. The van der Waals surface area contributed by atoms with E-state index in [0.29, 0.717) is 21.9 Å². The molecule has 8 heteroatoms. The summed E-state index contributed by atoms with van der Waals surface area (Å²) in [7, 11) is 0. The van der Waals surface area contributed by atoms with Crippen LogP contribution in [0.15, 0.2) is 48.5 Å². The molecule has 0 spiro atoms. The van der Waals surface area contributed by atoms with Crippen molar-refractivity contribution < 1.29 is 32.6 Å². The van der Waals surface area contributed by atoms with Crippen LogP contribution in [0, 0.1) is 18.2 Å². The summed E-state index contributed by atoms with van der Waals surface area (Å²) >= 11 is 0. The van der Waals surface area contributed by atoms with E-state index in [-0.39, 0.29) is 23.5 Å². The second kappa shape index (κ2) is 9.75. The average Bonchev–Trinajstić information content (AvgIpc) is 2.75. The van der Waals surface area contributed by atoms with Crippen molar-refractivity contribution in [1.82, 2.24) is 5.32 Å². The number of alkyl halides is 2. The number of fused-ring (bicyclic) bond motifs is 1. The van der Waals surface area contributed by atoms with E-state index < -0.39 is 35.6 Å². The van der Waals surface area contributed by atoms with E-state index in [4.69, 9.17) is 4.74 Å². The summed E-state index contributed by atoms with van der Waals surface area (Å²) in [6.45, 7) is 6.62. The number of carbonyl (C=O) groups excluding carboxylic acids is 1. The van der Waals surface area contributed by atoms with Gasteiger partial charge in [0, 0.05) is 10.9 Å². The number of aliphatic carboxylic acids is 1. The molecule has 0 bridgehead atoms. The molecular weight excluding hydrogens is 447 g/mol. The molecule has 1 amide bonds. The van der Waals surface area contributed by atoms with Crippen molar-refractivity contribution in [1.29, 1.82) is 0 Å². The van der Waals surface area contributed by atoms with Crippen molar-refractivity contribution >= 4 is 22.6 Å². The number of rotatable bonds is 7. The van der Waals surface area contributed by atoms with Crippen LogP contribution in [-0.4, -0.2) is 23.0 Å². The standard InChI is InChI=1S/C26H26F3NO4/c1-14-11-19-17(12-20(14)27)9-10-18(24(31)30-22(25(32)33)26(2,3)4)21(19)34-13-15-5-7-16(8-6-15)23(28)29/h5-12,22-23H,13H2,1-4H3,(H,30,31)(H,32,33). The van der Waals surface area contributed by atoms with Crippen LogP contribution in [0.5, 0.6) is 5.75 Å². The fourth-order valence-electron chi connectivity index (χ4n) is 3.53. The molecule has 180 valence electrons. The fraction of sp³-hybridized carbons (Fsp3) is 0.308. The lowest BCUT2D eigenvalue weighted by Crippen LogP contribution is -2.49. The van der Waals surface area contributed by atoms with Crippen LogP contribution >= 0.6 is 0 Å². The lowest BCUT2D eigenvalue weighted by atomic mass is 9.86. The van der Waals surface area contributed by atoms with E-state index in [9.17, 15) is 27.9 Å². The Morgan fingerprint density at radius 3 is 2.26 bits per heavy atom. The molecule has 3 aromatic rings. The Hall–Kier alpha value is -3.55. The van der Waals surface area contributed by atoms with Crippen LogP contribution in [0.2, 0.25) is 0 Å². The third-order valence-corrected chi connectivity index (χ3v) is 5.50. The molecule has 0 saturated carbocycles. The maximum absolute atomic E-state index is 14.1. The molecule has 0 fully saturated rings. The van der Waals surface area contributed by atoms with Crippen LogP contribution in [-0.2, 0) is 11.4 Å². The SMILES string of the molecule is Cc1cc2c(OCc3ccc(C(F)F)cc3)c(C(=O)NC(C(=O)O)C(C)(C)C)ccc2cc1F. The highest BCUT2D eigenvalue weighted by molar-refractivity contribution is 6.05. The minimum Gasteiger partial charge on any atom is -0.487 e. The van der Waals surface area contributed by atoms with Gasteiger partial charge in [0.25, 0.3) is 12.3 Å². The minimum absolute atomic E-state index is 0.0407. The Morgan fingerprint density at radius 2 is 1.71 bits per heavy atom. The first-order valence-electron chi connectivity index (χ1n) is 10.6. The van der Waals surface area contributed by atoms with Crippen molar-refractivity contribution in [2.45, 2.75) is 46.8 Å². The Morgan fingerprint density at radius 1 is 1.06 bits per heavy atom. The van der Waals surface area contributed by atoms with Crippen molar-refractivity contribution in [3.63, 3.8) is 0 Å². The van der Waals surface area contributed by atoms with Crippen molar-refractivity contribution in [3.8, 4) is 5.75 Å². The highest BCUT2D eigenvalue weighted by Gasteiger charge is 2.33. The molecule has 3 rings (SSSR count). The Labute approximate surface area is 195 Å². The second-order valence-electron chi connectivity index (χ2n) is 9.21. The number of hydrogen-bond acceptors (Lipinski definition) is 3. The van der Waals surface area contributed by atoms with E-state index in [1.54, 1.807) is 39.8 Å². The third kappa shape index (κ3) is 5.50. The van der Waals surface area contributed by atoms with Crippen LogP contribution in [0.4, 0.5) is 13.2 Å². The molecule has 0 aromatic heterocycles. The quantitative estimate of drug-likeness (QED) is 0.439. The van der Waals surface area contributed by atoms with Crippen LogP contribution < -0.4 is 10.1 Å². The van der Waals surface area contributed by atoms with Gasteiger partial charge in [-0.25, -0.2) is 18.0 Å². The highest BCUT2D eigenvalue weighted by Crippen LogP contribution is 2.33. The molecule has 0 radical (unpaired) electrons. The molecule has 0 aliphatic rings. The summed E-state index contributed by atoms with van der Waals surface area (Å²) in [6, 6.07) is 10.3. The van der Waals surface area contributed by atoms with Gasteiger partial charge in [0.2, 0.25) is 0 Å². The second-order valence-corrected chi connectivity index (χ2v) is 9.21. The van der Waals surface area contributed by atoms with Crippen LogP contribution in [0.25, 0.3) is 10.8 Å². The van der Waals surface area contributed by atoms with Gasteiger partial charge in [0.15, 0.2) is 0 Å². The average molecular weight is 473 g/mol. The van der Waals surface area contributed by atoms with Crippen LogP contribution in [0.3, 0.4) is 0 Å². The van der Waals surface area contributed by atoms with Gasteiger partial charge < -0.3 is 15.2 Å². The van der Waals surface area contributed by atoms with Gasteiger partial charge in [0.1, 0.15) is 24.2 Å². The molecular formula is C26H26F3NO4. The molecule has 0 heterocycles. The molecule has 1 unspecified atom stereocenters. The topological polar surface area (TPSA) is 75.6 Å². The molecule has 0 aliphatic heterocycles. The predicted octanol–water partition coefficient (Wildman–Crippen LogP) is 6.03. The molecule has 3 aromatic carbocycles. The van der Waals surface area contributed by atoms with E-state index in [1.165, 1.54) is 36.4 Å². The largest absolute Gasteiger partial charge is 0.487 e. The number of halogens is 3. The van der Waals surface area contributed by atoms with Gasteiger partial charge in [-0.3, -0.25) is 4.79 Å². The zero-order valence-corrected chi connectivity index (χ0v) is 19.3. The lowest BCUT2D eigenvalue weighted by molar-refractivity contribution is -0.142. The lowest BCUT2D eigenvalue weighted by Gasteiger charge is -2.28. The first-order valence-corrected chi connectivity index (χ1v) is 10.6. The normalized spacial score (nSPS) is 12.6. The Balaban J connectivity index is 2.02. The zero-order chi connectivity index (χ0) is 25.2. The summed E-state index contributed by atoms with van der Waals surface area (Å²) in [5.41, 5.74) is 0.130. The maximum atomic E-state index is 14.1. The number of carboxylic acid groups (broad SMARTS) is 1. The van der Waals surface area contributed by atoms with E-state index in [1.807, 2.05) is 0 Å². The maximum Gasteiger partial charge on any atom is 0.326 e. The predicted molar refractivity (Wildman–Crippen MR) is 123 cm³/mol. The van der Waals surface area contributed by atoms with Gasteiger partial charge in [-0.2, -0.15) is 0 Å². The number of amides is 1. The monoisotopic (exact) mass is 473 g/mol. The fourth-order valence-corrected chi connectivity index (χ4v) is 3.53. The van der Waals surface area contributed by atoms with E-state index in [0.717, 1.165) is 0 Å². The number of benzene rings is 3. The number of nitrogens with one attached hydrogen (secondary N) is 1. The van der Waals surface area contributed by atoms with Gasteiger partial charge in [-0.15, -0.1) is 0 Å². The number of carboxylic acids is 1. The highest BCUT2D eigenvalue weighted by atomic mass is 19.3.